The fourth-order valence-electron chi connectivity index (χ4n) is 13.5. The lowest BCUT2D eigenvalue weighted by atomic mass is 10.0. The standard InChI is InChI=1S/C81H161NO5/c1-3-5-7-9-11-13-15-17-19-20-21-22-36-39-42-46-49-53-57-61-65-69-73-79(84)78(77-83)82-80(85)74-70-66-62-58-54-50-47-43-40-37-34-32-30-28-26-24-23-25-27-29-31-33-35-38-41-44-48-52-56-60-64-68-72-76-87-81(86)75-71-67-63-59-55-51-45-18-16-14-12-10-8-6-4-2/h78-79,83-84H,3-77H2,1-2H3,(H,82,85). The predicted molar refractivity (Wildman–Crippen MR) is 384 cm³/mol. The highest BCUT2D eigenvalue weighted by Gasteiger charge is 2.20. The first-order valence-electron chi connectivity index (χ1n) is 40.8. The van der Waals surface area contributed by atoms with Gasteiger partial charge < -0.3 is 20.3 Å². The number of carbonyl (C=O) groups is 2. The summed E-state index contributed by atoms with van der Waals surface area (Å²) < 4.78 is 5.51. The van der Waals surface area contributed by atoms with Gasteiger partial charge in [-0.1, -0.05) is 444 Å². The van der Waals surface area contributed by atoms with Gasteiger partial charge in [0.05, 0.1) is 25.4 Å². The fourth-order valence-corrected chi connectivity index (χ4v) is 13.5. The topological polar surface area (TPSA) is 95.9 Å². The number of rotatable bonds is 78. The second-order valence-corrected chi connectivity index (χ2v) is 28.5. The average Bonchev–Trinajstić information content (AvgIpc) is 3.58. The van der Waals surface area contributed by atoms with Crippen LogP contribution >= 0.6 is 0 Å². The molecule has 2 unspecified atom stereocenters. The van der Waals surface area contributed by atoms with Gasteiger partial charge in [-0.25, -0.2) is 0 Å². The second-order valence-electron chi connectivity index (χ2n) is 28.5. The molecule has 0 bridgehead atoms. The van der Waals surface area contributed by atoms with Crippen LogP contribution in [0, 0.1) is 0 Å². The van der Waals surface area contributed by atoms with E-state index in [4.69, 9.17) is 4.74 Å². The molecule has 0 radical (unpaired) electrons. The molecule has 520 valence electrons. The van der Waals surface area contributed by atoms with Crippen LogP contribution in [-0.2, 0) is 14.3 Å². The number of esters is 1. The highest BCUT2D eigenvalue weighted by molar-refractivity contribution is 5.76. The third kappa shape index (κ3) is 73.8. The molecule has 0 aromatic carbocycles. The van der Waals surface area contributed by atoms with Crippen LogP contribution in [0.5, 0.6) is 0 Å². The van der Waals surface area contributed by atoms with Gasteiger partial charge in [0.1, 0.15) is 0 Å². The first kappa shape index (κ1) is 85.9. The van der Waals surface area contributed by atoms with Crippen LogP contribution in [0.4, 0.5) is 0 Å². The fraction of sp³-hybridized carbons (Fsp3) is 0.975. The van der Waals surface area contributed by atoms with Crippen molar-refractivity contribution in [1.29, 1.82) is 0 Å². The Labute approximate surface area is 547 Å². The highest BCUT2D eigenvalue weighted by Crippen LogP contribution is 2.21. The zero-order valence-corrected chi connectivity index (χ0v) is 59.8. The Morgan fingerprint density at radius 2 is 0.471 bits per heavy atom. The Bertz CT molecular complexity index is 1280. The first-order chi connectivity index (χ1) is 43.0. The molecule has 0 spiro atoms. The van der Waals surface area contributed by atoms with Gasteiger partial charge in [-0.05, 0) is 25.7 Å². The molecule has 0 rings (SSSR count). The monoisotopic (exact) mass is 1230 g/mol. The zero-order chi connectivity index (χ0) is 62.8. The lowest BCUT2D eigenvalue weighted by Gasteiger charge is -2.22. The van der Waals surface area contributed by atoms with E-state index in [9.17, 15) is 19.8 Å². The van der Waals surface area contributed by atoms with Gasteiger partial charge in [0.2, 0.25) is 5.91 Å². The summed E-state index contributed by atoms with van der Waals surface area (Å²) in [4.78, 5) is 24.7. The number of unbranched alkanes of at least 4 members (excludes halogenated alkanes) is 67. The van der Waals surface area contributed by atoms with Crippen molar-refractivity contribution in [3.05, 3.63) is 0 Å². The van der Waals surface area contributed by atoms with Crippen molar-refractivity contribution in [1.82, 2.24) is 5.32 Å². The number of amides is 1. The molecule has 0 aromatic rings. The molecule has 87 heavy (non-hydrogen) atoms. The van der Waals surface area contributed by atoms with E-state index in [0.717, 1.165) is 38.5 Å². The van der Waals surface area contributed by atoms with E-state index < -0.39 is 12.1 Å². The molecule has 0 aliphatic carbocycles. The van der Waals surface area contributed by atoms with Gasteiger partial charge in [-0.2, -0.15) is 0 Å². The summed E-state index contributed by atoms with van der Waals surface area (Å²) in [6.07, 6.45) is 96.4. The minimum atomic E-state index is -0.661. The smallest absolute Gasteiger partial charge is 0.305 e. The molecule has 0 aromatic heterocycles. The van der Waals surface area contributed by atoms with E-state index >= 15 is 0 Å². The summed E-state index contributed by atoms with van der Waals surface area (Å²) in [5.74, 6) is 0.00247. The molecular weight excluding hydrogens is 1070 g/mol. The summed E-state index contributed by atoms with van der Waals surface area (Å²) in [7, 11) is 0. The van der Waals surface area contributed by atoms with E-state index in [-0.39, 0.29) is 18.5 Å². The molecule has 2 atom stereocenters. The van der Waals surface area contributed by atoms with Crippen molar-refractivity contribution in [3.8, 4) is 0 Å². The molecule has 0 aliphatic heterocycles. The molecule has 0 aliphatic rings. The molecule has 1 amide bonds. The number of nitrogens with one attached hydrogen (secondary N) is 1. The predicted octanol–water partition coefficient (Wildman–Crippen LogP) is 26.9. The van der Waals surface area contributed by atoms with Crippen LogP contribution in [-0.4, -0.2) is 47.4 Å². The third-order valence-corrected chi connectivity index (χ3v) is 19.7. The summed E-state index contributed by atoms with van der Waals surface area (Å²) in [6, 6.07) is -0.538. The highest BCUT2D eigenvalue weighted by atomic mass is 16.5. The number of ether oxygens (including phenoxy) is 1. The Balaban J connectivity index is 3.31. The van der Waals surface area contributed by atoms with Crippen LogP contribution in [0.15, 0.2) is 0 Å². The zero-order valence-electron chi connectivity index (χ0n) is 59.8. The lowest BCUT2D eigenvalue weighted by molar-refractivity contribution is -0.143. The molecular formula is C81H161NO5. The maximum absolute atomic E-state index is 12.6. The molecule has 0 saturated carbocycles. The summed E-state index contributed by atoms with van der Waals surface area (Å²) in [5, 5.41) is 23.5. The summed E-state index contributed by atoms with van der Waals surface area (Å²) in [5.41, 5.74) is 0. The summed E-state index contributed by atoms with van der Waals surface area (Å²) >= 11 is 0. The Hall–Kier alpha value is -1.14. The second kappa shape index (κ2) is 77.3. The Morgan fingerprint density at radius 3 is 0.701 bits per heavy atom. The van der Waals surface area contributed by atoms with Crippen LogP contribution in [0.2, 0.25) is 0 Å². The van der Waals surface area contributed by atoms with Crippen molar-refractivity contribution in [2.75, 3.05) is 13.2 Å². The van der Waals surface area contributed by atoms with Crippen LogP contribution in [0.3, 0.4) is 0 Å². The van der Waals surface area contributed by atoms with Crippen LogP contribution in [0.1, 0.15) is 483 Å². The maximum atomic E-state index is 12.6. The minimum Gasteiger partial charge on any atom is -0.466 e. The summed E-state index contributed by atoms with van der Waals surface area (Å²) in [6.45, 7) is 5.02. The van der Waals surface area contributed by atoms with Gasteiger partial charge in [0, 0.05) is 12.8 Å². The Kier molecular flexibility index (Phi) is 76.3. The van der Waals surface area contributed by atoms with E-state index in [0.29, 0.717) is 25.9 Å². The molecule has 0 saturated heterocycles. The van der Waals surface area contributed by atoms with Crippen molar-refractivity contribution in [3.63, 3.8) is 0 Å². The van der Waals surface area contributed by atoms with E-state index in [1.165, 1.54) is 411 Å². The maximum Gasteiger partial charge on any atom is 0.305 e. The number of aliphatic hydroxyl groups excluding tert-OH is 2. The number of carbonyl (C=O) groups excluding carboxylic acids is 2. The van der Waals surface area contributed by atoms with Gasteiger partial charge in [0.25, 0.3) is 0 Å². The Morgan fingerprint density at radius 1 is 0.276 bits per heavy atom. The largest absolute Gasteiger partial charge is 0.466 e. The first-order valence-corrected chi connectivity index (χ1v) is 40.8. The normalized spacial score (nSPS) is 12.4. The number of hydrogen-bond acceptors (Lipinski definition) is 5. The quantitative estimate of drug-likeness (QED) is 0.0417. The van der Waals surface area contributed by atoms with Gasteiger partial charge in [-0.15, -0.1) is 0 Å². The van der Waals surface area contributed by atoms with Gasteiger partial charge in [-0.3, -0.25) is 9.59 Å². The molecule has 3 N–H and O–H groups in total. The van der Waals surface area contributed by atoms with E-state index in [1.807, 2.05) is 0 Å². The number of aliphatic hydroxyl groups is 2. The van der Waals surface area contributed by atoms with Crippen molar-refractivity contribution in [2.24, 2.45) is 0 Å². The lowest BCUT2D eigenvalue weighted by Crippen LogP contribution is -2.45. The SMILES string of the molecule is CCCCCCCCCCCCCCCCCCCCCCCCC(O)C(CO)NC(=O)CCCCCCCCCCCCCCCCCCCCCCCCCCCCCCCCCCCOC(=O)CCCCCCCCCCCCCCCCC. The van der Waals surface area contributed by atoms with E-state index in [2.05, 4.69) is 19.2 Å². The minimum absolute atomic E-state index is 0.0237. The van der Waals surface area contributed by atoms with Crippen molar-refractivity contribution in [2.45, 2.75) is 495 Å². The van der Waals surface area contributed by atoms with Crippen molar-refractivity contribution < 1.29 is 24.5 Å². The van der Waals surface area contributed by atoms with Crippen molar-refractivity contribution >= 4 is 11.9 Å². The molecule has 6 nitrogen and oxygen atoms in total. The molecule has 0 heterocycles. The molecule has 0 fully saturated rings. The van der Waals surface area contributed by atoms with Gasteiger partial charge >= 0.3 is 5.97 Å². The average molecular weight is 1230 g/mol. The van der Waals surface area contributed by atoms with E-state index in [1.54, 1.807) is 0 Å². The van der Waals surface area contributed by atoms with Crippen LogP contribution in [0.25, 0.3) is 0 Å². The third-order valence-electron chi connectivity index (χ3n) is 19.7. The number of hydrogen-bond donors (Lipinski definition) is 3. The molecule has 6 heteroatoms. The van der Waals surface area contributed by atoms with Gasteiger partial charge in [0.15, 0.2) is 0 Å². The van der Waals surface area contributed by atoms with Crippen LogP contribution < -0.4 is 5.32 Å².